The molecule has 0 aliphatic heterocycles. The van der Waals surface area contributed by atoms with Crippen LogP contribution in [0.1, 0.15) is 27.2 Å². The summed E-state index contributed by atoms with van der Waals surface area (Å²) >= 11 is 6.06. The molecule has 0 aliphatic carbocycles. The largest absolute Gasteiger partial charge is 0.383 e. The van der Waals surface area contributed by atoms with E-state index < -0.39 is 10.0 Å². The summed E-state index contributed by atoms with van der Waals surface area (Å²) in [6.45, 7) is 6.45. The molecular weight excluding hydrogens is 284 g/mol. The Morgan fingerprint density at radius 3 is 2.37 bits per heavy atom. The second-order valence-corrected chi connectivity index (χ2v) is 7.40. The van der Waals surface area contributed by atoms with Crippen molar-refractivity contribution in [1.29, 1.82) is 0 Å². The third-order valence-electron chi connectivity index (χ3n) is 2.50. The molecule has 0 aliphatic rings. The van der Waals surface area contributed by atoms with E-state index in [9.17, 15) is 8.42 Å². The first-order valence-corrected chi connectivity index (χ1v) is 8.48. The van der Waals surface area contributed by atoms with Gasteiger partial charge < -0.3 is 5.32 Å². The van der Waals surface area contributed by atoms with Gasteiger partial charge in [-0.15, -0.1) is 0 Å². The summed E-state index contributed by atoms with van der Waals surface area (Å²) < 4.78 is 24.7. The van der Waals surface area contributed by atoms with Crippen molar-refractivity contribution >= 4 is 33.0 Å². The Labute approximate surface area is 120 Å². The predicted octanol–water partition coefficient (Wildman–Crippen LogP) is 3.56. The van der Waals surface area contributed by atoms with E-state index in [2.05, 4.69) is 30.8 Å². The van der Waals surface area contributed by atoms with Gasteiger partial charge in [-0.2, -0.15) is 0 Å². The van der Waals surface area contributed by atoms with E-state index >= 15 is 0 Å². The Morgan fingerprint density at radius 2 is 1.89 bits per heavy atom. The van der Waals surface area contributed by atoms with Crippen LogP contribution >= 0.6 is 11.6 Å². The summed E-state index contributed by atoms with van der Waals surface area (Å²) in [5.74, 6) is 0.615. The molecule has 0 radical (unpaired) electrons. The number of anilines is 2. The second-order valence-electron chi connectivity index (χ2n) is 5.24. The van der Waals surface area contributed by atoms with E-state index in [0.29, 0.717) is 22.7 Å². The van der Waals surface area contributed by atoms with Crippen LogP contribution in [0.15, 0.2) is 18.2 Å². The Balaban J connectivity index is 2.77. The third kappa shape index (κ3) is 6.16. The molecule has 1 atom stereocenters. The smallest absolute Gasteiger partial charge is 0.229 e. The molecule has 1 aromatic rings. The van der Waals surface area contributed by atoms with E-state index in [1.165, 1.54) is 0 Å². The van der Waals surface area contributed by atoms with Gasteiger partial charge in [0.2, 0.25) is 10.0 Å². The molecule has 0 saturated carbocycles. The zero-order valence-corrected chi connectivity index (χ0v) is 13.3. The molecule has 0 bridgehead atoms. The molecule has 0 spiro atoms. The van der Waals surface area contributed by atoms with Gasteiger partial charge in [0.1, 0.15) is 0 Å². The summed E-state index contributed by atoms with van der Waals surface area (Å²) in [5, 5.41) is 3.72. The highest BCUT2D eigenvalue weighted by Gasteiger charge is 2.09. The number of hydrogen-bond acceptors (Lipinski definition) is 3. The predicted molar refractivity (Wildman–Crippen MR) is 82.5 cm³/mol. The van der Waals surface area contributed by atoms with Crippen molar-refractivity contribution < 1.29 is 8.42 Å². The van der Waals surface area contributed by atoms with Crippen LogP contribution in [0.2, 0.25) is 5.02 Å². The van der Waals surface area contributed by atoms with Crippen LogP contribution in [-0.2, 0) is 10.0 Å². The van der Waals surface area contributed by atoms with E-state index in [1.54, 1.807) is 12.1 Å². The van der Waals surface area contributed by atoms with Gasteiger partial charge in [-0.1, -0.05) is 25.4 Å². The van der Waals surface area contributed by atoms with Gasteiger partial charge in [0.15, 0.2) is 0 Å². The van der Waals surface area contributed by atoms with Crippen LogP contribution in [0.4, 0.5) is 11.4 Å². The number of halogens is 1. The number of rotatable bonds is 6. The number of benzene rings is 1. The minimum atomic E-state index is -3.31. The first-order chi connectivity index (χ1) is 8.67. The SMILES string of the molecule is CC(C)CC(C)Nc1ccc(NS(C)(=O)=O)c(Cl)c1. The Bertz CT molecular complexity index is 529. The minimum Gasteiger partial charge on any atom is -0.383 e. The van der Waals surface area contributed by atoms with Gasteiger partial charge in [0.05, 0.1) is 17.0 Å². The molecular formula is C13H21ClN2O2S. The molecule has 2 N–H and O–H groups in total. The Hall–Kier alpha value is -0.940. The molecule has 0 aromatic heterocycles. The summed E-state index contributed by atoms with van der Waals surface area (Å²) in [4.78, 5) is 0. The fraction of sp³-hybridized carbons (Fsp3) is 0.538. The molecule has 0 heterocycles. The molecule has 1 rings (SSSR count). The minimum absolute atomic E-state index is 0.338. The molecule has 4 nitrogen and oxygen atoms in total. The third-order valence-corrected chi connectivity index (χ3v) is 3.41. The fourth-order valence-electron chi connectivity index (χ4n) is 1.94. The average Bonchev–Trinajstić information content (AvgIpc) is 2.19. The van der Waals surface area contributed by atoms with E-state index in [0.717, 1.165) is 18.4 Å². The van der Waals surface area contributed by atoms with E-state index in [1.807, 2.05) is 6.07 Å². The van der Waals surface area contributed by atoms with Crippen LogP contribution in [-0.4, -0.2) is 20.7 Å². The fourth-order valence-corrected chi connectivity index (χ4v) is 2.80. The van der Waals surface area contributed by atoms with Crippen LogP contribution in [0.5, 0.6) is 0 Å². The maximum absolute atomic E-state index is 11.2. The highest BCUT2D eigenvalue weighted by Crippen LogP contribution is 2.26. The number of hydrogen-bond donors (Lipinski definition) is 2. The van der Waals surface area contributed by atoms with Crippen molar-refractivity contribution in [2.75, 3.05) is 16.3 Å². The lowest BCUT2D eigenvalue weighted by Gasteiger charge is -2.18. The molecule has 19 heavy (non-hydrogen) atoms. The maximum Gasteiger partial charge on any atom is 0.229 e. The molecule has 0 amide bonds. The summed E-state index contributed by atoms with van der Waals surface area (Å²) in [6.07, 6.45) is 2.15. The van der Waals surface area contributed by atoms with Crippen LogP contribution < -0.4 is 10.0 Å². The first kappa shape index (κ1) is 16.1. The lowest BCUT2D eigenvalue weighted by Crippen LogP contribution is -2.17. The Morgan fingerprint density at radius 1 is 1.26 bits per heavy atom. The topological polar surface area (TPSA) is 58.2 Å². The highest BCUT2D eigenvalue weighted by molar-refractivity contribution is 7.92. The Kier molecular flexibility index (Phi) is 5.50. The molecule has 0 fully saturated rings. The van der Waals surface area contributed by atoms with Gasteiger partial charge in [-0.3, -0.25) is 4.72 Å². The standard InChI is InChI=1S/C13H21ClN2O2S/c1-9(2)7-10(3)15-11-5-6-13(12(14)8-11)16-19(4,17)18/h5-6,8-10,15-16H,7H2,1-4H3. The van der Waals surface area contributed by atoms with Gasteiger partial charge in [0, 0.05) is 11.7 Å². The van der Waals surface area contributed by atoms with Crippen LogP contribution in [0, 0.1) is 5.92 Å². The summed E-state index contributed by atoms with van der Waals surface area (Å²) in [5.41, 5.74) is 1.28. The zero-order valence-electron chi connectivity index (χ0n) is 11.7. The summed E-state index contributed by atoms with van der Waals surface area (Å²) in [7, 11) is -3.31. The second kappa shape index (κ2) is 6.48. The molecule has 1 aromatic carbocycles. The van der Waals surface area contributed by atoms with Crippen molar-refractivity contribution in [1.82, 2.24) is 0 Å². The lowest BCUT2D eigenvalue weighted by atomic mass is 10.1. The van der Waals surface area contributed by atoms with Gasteiger partial charge in [0.25, 0.3) is 0 Å². The van der Waals surface area contributed by atoms with Crippen molar-refractivity contribution in [3.63, 3.8) is 0 Å². The number of sulfonamides is 1. The van der Waals surface area contributed by atoms with Crippen molar-refractivity contribution in [2.45, 2.75) is 33.2 Å². The average molecular weight is 305 g/mol. The summed E-state index contributed by atoms with van der Waals surface area (Å²) in [6, 6.07) is 5.54. The van der Waals surface area contributed by atoms with Gasteiger partial charge in [-0.25, -0.2) is 8.42 Å². The molecule has 6 heteroatoms. The quantitative estimate of drug-likeness (QED) is 0.845. The maximum atomic E-state index is 11.2. The monoisotopic (exact) mass is 304 g/mol. The number of nitrogens with one attached hydrogen (secondary N) is 2. The van der Waals surface area contributed by atoms with Gasteiger partial charge >= 0.3 is 0 Å². The molecule has 108 valence electrons. The lowest BCUT2D eigenvalue weighted by molar-refractivity contribution is 0.540. The van der Waals surface area contributed by atoms with Crippen LogP contribution in [0.25, 0.3) is 0 Å². The molecule has 0 saturated heterocycles. The van der Waals surface area contributed by atoms with Crippen molar-refractivity contribution in [2.24, 2.45) is 5.92 Å². The first-order valence-electron chi connectivity index (χ1n) is 6.21. The highest BCUT2D eigenvalue weighted by atomic mass is 35.5. The van der Waals surface area contributed by atoms with Crippen molar-refractivity contribution in [3.8, 4) is 0 Å². The molecule has 1 unspecified atom stereocenters. The van der Waals surface area contributed by atoms with E-state index in [-0.39, 0.29) is 0 Å². The van der Waals surface area contributed by atoms with Crippen LogP contribution in [0.3, 0.4) is 0 Å². The van der Waals surface area contributed by atoms with E-state index in [4.69, 9.17) is 11.6 Å². The zero-order chi connectivity index (χ0) is 14.6. The van der Waals surface area contributed by atoms with Crippen molar-refractivity contribution in [3.05, 3.63) is 23.2 Å². The van der Waals surface area contributed by atoms with Gasteiger partial charge in [-0.05, 0) is 37.5 Å². The normalized spacial score (nSPS) is 13.4.